The van der Waals surface area contributed by atoms with Crippen LogP contribution in [-0.2, 0) is 9.53 Å². The Bertz CT molecular complexity index is 926. The highest BCUT2D eigenvalue weighted by Gasteiger charge is 2.37. The Morgan fingerprint density at radius 3 is 2.55 bits per heavy atom. The van der Waals surface area contributed by atoms with E-state index in [0.29, 0.717) is 16.5 Å². The van der Waals surface area contributed by atoms with Crippen LogP contribution in [0.1, 0.15) is 51.0 Å². The van der Waals surface area contributed by atoms with Crippen LogP contribution >= 0.6 is 11.3 Å². The number of amides is 2. The average molecular weight is 416 g/mol. The molecule has 3 N–H and O–H groups in total. The molecule has 3 rings (SSSR count). The minimum absolute atomic E-state index is 0.178. The van der Waals surface area contributed by atoms with Crippen molar-refractivity contribution in [2.24, 2.45) is 11.7 Å². The molecule has 1 aliphatic rings. The highest BCUT2D eigenvalue weighted by molar-refractivity contribution is 7.18. The maximum absolute atomic E-state index is 12.7. The Labute approximate surface area is 173 Å². The molecule has 7 nitrogen and oxygen atoms in total. The van der Waals surface area contributed by atoms with Gasteiger partial charge in [-0.2, -0.15) is 0 Å². The molecule has 2 aromatic rings. The summed E-state index contributed by atoms with van der Waals surface area (Å²) in [4.78, 5) is 39.1. The highest BCUT2D eigenvalue weighted by atomic mass is 32.1. The third-order valence-corrected chi connectivity index (χ3v) is 6.27. The molecule has 1 fully saturated rings. The fraction of sp³-hybridized carbons (Fsp3) is 0.381. The van der Waals surface area contributed by atoms with Crippen LogP contribution in [0, 0.1) is 12.8 Å². The number of nitrogens with one attached hydrogen (secondary N) is 1. The number of likely N-dealkylation sites (tertiary alicyclic amines) is 1. The molecule has 2 unspecified atom stereocenters. The van der Waals surface area contributed by atoms with Gasteiger partial charge in [0.25, 0.3) is 5.91 Å². The van der Waals surface area contributed by atoms with Crippen LogP contribution in [0.3, 0.4) is 0 Å². The molecule has 1 aromatic carbocycles. The number of primary amides is 1. The molecule has 0 bridgehead atoms. The first-order valence-electron chi connectivity index (χ1n) is 9.52. The molecule has 0 saturated carbocycles. The monoisotopic (exact) mass is 415 g/mol. The van der Waals surface area contributed by atoms with E-state index in [9.17, 15) is 14.4 Å². The predicted molar refractivity (Wildman–Crippen MR) is 112 cm³/mol. The van der Waals surface area contributed by atoms with Crippen molar-refractivity contribution in [1.29, 1.82) is 0 Å². The first kappa shape index (κ1) is 21.0. The minimum atomic E-state index is -0.640. The molecule has 2 amide bonds. The van der Waals surface area contributed by atoms with Crippen LogP contribution in [0.25, 0.3) is 0 Å². The van der Waals surface area contributed by atoms with Crippen LogP contribution in [0.15, 0.2) is 30.3 Å². The summed E-state index contributed by atoms with van der Waals surface area (Å²) in [6.45, 7) is 6.68. The van der Waals surface area contributed by atoms with Crippen molar-refractivity contribution in [3.63, 3.8) is 0 Å². The summed E-state index contributed by atoms with van der Waals surface area (Å²) in [7, 11) is 0. The van der Waals surface area contributed by atoms with Gasteiger partial charge in [-0.05, 0) is 30.9 Å². The van der Waals surface area contributed by atoms with Gasteiger partial charge in [-0.1, -0.05) is 37.3 Å². The number of anilines is 1. The van der Waals surface area contributed by atoms with Crippen molar-refractivity contribution in [2.45, 2.75) is 26.8 Å². The number of hydrogen-bond donors (Lipinski definition) is 2. The van der Waals surface area contributed by atoms with Gasteiger partial charge in [-0.25, -0.2) is 4.79 Å². The molecule has 1 aromatic heterocycles. The second-order valence-electron chi connectivity index (χ2n) is 7.16. The van der Waals surface area contributed by atoms with Gasteiger partial charge in [0.05, 0.1) is 23.6 Å². The van der Waals surface area contributed by atoms with Gasteiger partial charge in [0.15, 0.2) is 0 Å². The molecule has 2 atom stereocenters. The summed E-state index contributed by atoms with van der Waals surface area (Å²) in [6, 6.07) is 10.2. The Hall–Kier alpha value is -2.71. The summed E-state index contributed by atoms with van der Waals surface area (Å²) in [5, 5.41) is 3.08. The molecule has 29 heavy (non-hydrogen) atoms. The summed E-state index contributed by atoms with van der Waals surface area (Å²) >= 11 is 1.00. The summed E-state index contributed by atoms with van der Waals surface area (Å²) in [5.41, 5.74) is 7.20. The number of carbonyl (C=O) groups is 3. The first-order chi connectivity index (χ1) is 13.8. The number of nitrogens with zero attached hydrogens (tertiary/aromatic N) is 1. The van der Waals surface area contributed by atoms with Crippen LogP contribution in [-0.4, -0.2) is 42.4 Å². The molecule has 0 spiro atoms. The second kappa shape index (κ2) is 8.75. The number of esters is 1. The van der Waals surface area contributed by atoms with Gasteiger partial charge in [0.1, 0.15) is 5.00 Å². The molecule has 1 saturated heterocycles. The van der Waals surface area contributed by atoms with Crippen molar-refractivity contribution in [3.8, 4) is 0 Å². The normalized spacial score (nSPS) is 18.7. The number of benzene rings is 1. The van der Waals surface area contributed by atoms with Crippen molar-refractivity contribution >= 4 is 34.1 Å². The SMILES string of the molecule is CCOC(=O)c1c(NC(=O)CN2CC(C)C2c2ccccc2)sc(C(N)=O)c1C. The average Bonchev–Trinajstić information content (AvgIpc) is 2.98. The lowest BCUT2D eigenvalue weighted by Gasteiger charge is -2.46. The topological polar surface area (TPSA) is 102 Å². The van der Waals surface area contributed by atoms with Gasteiger partial charge >= 0.3 is 5.97 Å². The van der Waals surface area contributed by atoms with E-state index in [2.05, 4.69) is 29.3 Å². The fourth-order valence-electron chi connectivity index (χ4n) is 3.79. The van der Waals surface area contributed by atoms with E-state index in [1.165, 1.54) is 5.56 Å². The second-order valence-corrected chi connectivity index (χ2v) is 8.18. The first-order valence-corrected chi connectivity index (χ1v) is 10.3. The quantitative estimate of drug-likeness (QED) is 0.677. The summed E-state index contributed by atoms with van der Waals surface area (Å²) < 4.78 is 5.08. The maximum atomic E-state index is 12.7. The van der Waals surface area contributed by atoms with E-state index in [1.807, 2.05) is 18.2 Å². The van der Waals surface area contributed by atoms with E-state index in [1.54, 1.807) is 13.8 Å². The van der Waals surface area contributed by atoms with Crippen molar-refractivity contribution in [3.05, 3.63) is 51.9 Å². The van der Waals surface area contributed by atoms with Crippen LogP contribution < -0.4 is 11.1 Å². The Kier molecular flexibility index (Phi) is 6.34. The van der Waals surface area contributed by atoms with E-state index in [-0.39, 0.29) is 35.5 Å². The largest absolute Gasteiger partial charge is 0.462 e. The van der Waals surface area contributed by atoms with Gasteiger partial charge in [-0.3, -0.25) is 14.5 Å². The van der Waals surface area contributed by atoms with Gasteiger partial charge in [0, 0.05) is 12.6 Å². The zero-order valence-electron chi connectivity index (χ0n) is 16.7. The van der Waals surface area contributed by atoms with Crippen LogP contribution in [0.4, 0.5) is 5.00 Å². The molecule has 154 valence electrons. The van der Waals surface area contributed by atoms with Crippen molar-refractivity contribution in [2.75, 3.05) is 25.0 Å². The Morgan fingerprint density at radius 1 is 1.28 bits per heavy atom. The van der Waals surface area contributed by atoms with E-state index in [0.717, 1.165) is 17.9 Å². The molecule has 8 heteroatoms. The van der Waals surface area contributed by atoms with Crippen molar-refractivity contribution < 1.29 is 19.1 Å². The highest BCUT2D eigenvalue weighted by Crippen LogP contribution is 2.38. The number of thiophene rings is 1. The molecular formula is C21H25N3O4S. The zero-order chi connectivity index (χ0) is 21.1. The van der Waals surface area contributed by atoms with Gasteiger partial charge < -0.3 is 15.8 Å². The third-order valence-electron chi connectivity index (χ3n) is 5.05. The fourth-order valence-corrected chi connectivity index (χ4v) is 4.86. The van der Waals surface area contributed by atoms with Crippen molar-refractivity contribution in [1.82, 2.24) is 4.90 Å². The lowest BCUT2D eigenvalue weighted by molar-refractivity contribution is -0.120. The number of carbonyl (C=O) groups excluding carboxylic acids is 3. The minimum Gasteiger partial charge on any atom is -0.462 e. The molecule has 1 aliphatic heterocycles. The lowest BCUT2D eigenvalue weighted by atomic mass is 9.85. The summed E-state index contributed by atoms with van der Waals surface area (Å²) in [5.74, 6) is -1.02. The lowest BCUT2D eigenvalue weighted by Crippen LogP contribution is -2.51. The number of nitrogens with two attached hydrogens (primary N) is 1. The standard InChI is InChI=1S/C21H25N3O4S/c1-4-28-21(27)16-13(3)18(19(22)26)29-20(16)23-15(25)11-24-10-12(2)17(24)14-8-6-5-7-9-14/h5-9,12,17H,4,10-11H2,1-3H3,(H2,22,26)(H,23,25). The number of hydrogen-bond acceptors (Lipinski definition) is 6. The van der Waals surface area contributed by atoms with Crippen LogP contribution in [0.5, 0.6) is 0 Å². The number of rotatable bonds is 7. The zero-order valence-corrected chi connectivity index (χ0v) is 17.5. The summed E-state index contributed by atoms with van der Waals surface area (Å²) in [6.07, 6.45) is 0. The number of ether oxygens (including phenoxy) is 1. The van der Waals surface area contributed by atoms with Crippen LogP contribution in [0.2, 0.25) is 0 Å². The third kappa shape index (κ3) is 4.33. The Balaban J connectivity index is 1.76. The molecule has 2 heterocycles. The smallest absolute Gasteiger partial charge is 0.341 e. The molecule has 0 aliphatic carbocycles. The molecule has 0 radical (unpaired) electrons. The predicted octanol–water partition coefficient (Wildman–Crippen LogP) is 2.96. The van der Waals surface area contributed by atoms with Gasteiger partial charge in [-0.15, -0.1) is 11.3 Å². The van der Waals surface area contributed by atoms with E-state index in [4.69, 9.17) is 10.5 Å². The maximum Gasteiger partial charge on any atom is 0.341 e. The van der Waals surface area contributed by atoms with E-state index >= 15 is 0 Å². The van der Waals surface area contributed by atoms with Gasteiger partial charge in [0.2, 0.25) is 5.91 Å². The molecular weight excluding hydrogens is 390 g/mol. The Morgan fingerprint density at radius 2 is 1.97 bits per heavy atom. The van der Waals surface area contributed by atoms with E-state index < -0.39 is 11.9 Å².